The first-order chi connectivity index (χ1) is 11.6. The van der Waals surface area contributed by atoms with E-state index in [4.69, 9.17) is 9.47 Å². The average Bonchev–Trinajstić information content (AvgIpc) is 2.53. The van der Waals surface area contributed by atoms with Crippen LogP contribution < -0.4 is 0 Å². The van der Waals surface area contributed by atoms with Gasteiger partial charge in [0.2, 0.25) is 0 Å². The van der Waals surface area contributed by atoms with E-state index in [-0.39, 0.29) is 17.0 Å². The Morgan fingerprint density at radius 2 is 1.76 bits per heavy atom. The van der Waals surface area contributed by atoms with Crippen molar-refractivity contribution in [3.05, 3.63) is 0 Å². The Labute approximate surface area is 154 Å². The van der Waals surface area contributed by atoms with Crippen molar-refractivity contribution in [1.82, 2.24) is 0 Å². The molecule has 0 aromatic carbocycles. The molecule has 0 bridgehead atoms. The van der Waals surface area contributed by atoms with Gasteiger partial charge in [-0.1, -0.05) is 6.92 Å². The van der Waals surface area contributed by atoms with Gasteiger partial charge in [0.1, 0.15) is 0 Å². The lowest BCUT2D eigenvalue weighted by molar-refractivity contribution is -0.164. The Hall–Kier alpha value is -0.570. The average molecular weight is 351 g/mol. The SMILES string of the molecule is COC(=O)[C@@]1(C)CCC2C(CC[C@H]3C[C@H](OC(C)(C)C)CC[C@]23C)C1. The standard InChI is InChI=1S/C22H38O3/c1-20(2,3)25-17-9-12-22(5)16(13-17)8-7-15-14-21(4,19(23)24-6)11-10-18(15)22/h15-18H,7-14H2,1-6H3/t15?,16-,17+,18?,21-,22-/m0/s1. The summed E-state index contributed by atoms with van der Waals surface area (Å²) in [5.41, 5.74) is 0.145. The Morgan fingerprint density at radius 1 is 1.04 bits per heavy atom. The molecule has 144 valence electrons. The van der Waals surface area contributed by atoms with Crippen LogP contribution in [0.1, 0.15) is 86.0 Å². The molecule has 0 radical (unpaired) electrons. The number of hydrogen-bond acceptors (Lipinski definition) is 3. The normalized spacial score (nSPS) is 44.6. The van der Waals surface area contributed by atoms with E-state index in [0.29, 0.717) is 17.4 Å². The van der Waals surface area contributed by atoms with Crippen molar-refractivity contribution in [2.45, 2.75) is 97.7 Å². The summed E-state index contributed by atoms with van der Waals surface area (Å²) in [6.07, 6.45) is 9.92. The lowest BCUT2D eigenvalue weighted by Gasteiger charge is -2.58. The zero-order valence-corrected chi connectivity index (χ0v) is 17.2. The monoisotopic (exact) mass is 350 g/mol. The molecule has 0 aromatic heterocycles. The molecule has 3 aliphatic rings. The second kappa shape index (κ2) is 6.55. The van der Waals surface area contributed by atoms with E-state index in [1.807, 2.05) is 0 Å². The van der Waals surface area contributed by atoms with Crippen molar-refractivity contribution in [1.29, 1.82) is 0 Å². The smallest absolute Gasteiger partial charge is 0.311 e. The van der Waals surface area contributed by atoms with Crippen molar-refractivity contribution < 1.29 is 14.3 Å². The third kappa shape index (κ3) is 3.63. The molecular weight excluding hydrogens is 312 g/mol. The first-order valence-corrected chi connectivity index (χ1v) is 10.3. The van der Waals surface area contributed by atoms with Gasteiger partial charge < -0.3 is 9.47 Å². The number of esters is 1. The van der Waals surface area contributed by atoms with Gasteiger partial charge in [-0.2, -0.15) is 0 Å². The Bertz CT molecular complexity index is 508. The third-order valence-electron chi connectivity index (χ3n) is 7.71. The van der Waals surface area contributed by atoms with Gasteiger partial charge in [0, 0.05) is 0 Å². The van der Waals surface area contributed by atoms with Gasteiger partial charge in [-0.25, -0.2) is 0 Å². The molecule has 2 unspecified atom stereocenters. The first kappa shape index (κ1) is 19.2. The van der Waals surface area contributed by atoms with Crippen molar-refractivity contribution in [3.8, 4) is 0 Å². The summed E-state index contributed by atoms with van der Waals surface area (Å²) < 4.78 is 11.4. The van der Waals surface area contributed by atoms with Gasteiger partial charge >= 0.3 is 5.97 Å². The zero-order chi connectivity index (χ0) is 18.5. The molecule has 0 heterocycles. The highest BCUT2D eigenvalue weighted by molar-refractivity contribution is 5.76. The van der Waals surface area contributed by atoms with Gasteiger partial charge in [-0.3, -0.25) is 4.79 Å². The van der Waals surface area contributed by atoms with Gasteiger partial charge in [0.15, 0.2) is 0 Å². The maximum atomic E-state index is 12.3. The van der Waals surface area contributed by atoms with Crippen LogP contribution in [0.15, 0.2) is 0 Å². The second-order valence-corrected chi connectivity index (χ2v) is 10.6. The van der Waals surface area contributed by atoms with Crippen LogP contribution in [0.2, 0.25) is 0 Å². The largest absolute Gasteiger partial charge is 0.469 e. The van der Waals surface area contributed by atoms with Crippen LogP contribution in [0.3, 0.4) is 0 Å². The molecule has 25 heavy (non-hydrogen) atoms. The highest BCUT2D eigenvalue weighted by Crippen LogP contribution is 2.61. The Kier molecular flexibility index (Phi) is 5.03. The summed E-state index contributed by atoms with van der Waals surface area (Å²) in [7, 11) is 1.54. The van der Waals surface area contributed by atoms with Gasteiger partial charge in [-0.15, -0.1) is 0 Å². The summed E-state index contributed by atoms with van der Waals surface area (Å²) in [5.74, 6) is 2.26. The number of rotatable bonds is 2. The molecule has 3 saturated carbocycles. The predicted octanol–water partition coefficient (Wildman–Crippen LogP) is 5.37. The van der Waals surface area contributed by atoms with Crippen LogP contribution in [0.25, 0.3) is 0 Å². The minimum absolute atomic E-state index is 0.000474. The summed E-state index contributed by atoms with van der Waals surface area (Å²) in [6, 6.07) is 0. The summed E-state index contributed by atoms with van der Waals surface area (Å²) >= 11 is 0. The number of hydrogen-bond donors (Lipinski definition) is 0. The van der Waals surface area contributed by atoms with E-state index in [9.17, 15) is 4.79 Å². The van der Waals surface area contributed by atoms with Crippen LogP contribution in [-0.4, -0.2) is 24.8 Å². The summed E-state index contributed by atoms with van der Waals surface area (Å²) in [4.78, 5) is 12.3. The first-order valence-electron chi connectivity index (χ1n) is 10.3. The van der Waals surface area contributed by atoms with E-state index >= 15 is 0 Å². The molecular formula is C22H38O3. The molecule has 0 N–H and O–H groups in total. The highest BCUT2D eigenvalue weighted by atomic mass is 16.5. The molecule has 0 saturated heterocycles. The zero-order valence-electron chi connectivity index (χ0n) is 17.2. The fourth-order valence-corrected chi connectivity index (χ4v) is 6.47. The van der Waals surface area contributed by atoms with E-state index in [1.165, 1.54) is 45.6 Å². The Morgan fingerprint density at radius 3 is 2.40 bits per heavy atom. The molecule has 0 amide bonds. The van der Waals surface area contributed by atoms with Crippen LogP contribution in [-0.2, 0) is 14.3 Å². The summed E-state index contributed by atoms with van der Waals surface area (Å²) in [5, 5.41) is 0. The van der Waals surface area contributed by atoms with Crippen LogP contribution in [0, 0.1) is 28.6 Å². The fraction of sp³-hybridized carbons (Fsp3) is 0.955. The number of carbonyl (C=O) groups is 1. The number of ether oxygens (including phenoxy) is 2. The van der Waals surface area contributed by atoms with Crippen LogP contribution in [0.4, 0.5) is 0 Å². The fourth-order valence-electron chi connectivity index (χ4n) is 6.47. The number of methoxy groups -OCH3 is 1. The molecule has 3 nitrogen and oxygen atoms in total. The Balaban J connectivity index is 1.70. The molecule has 3 aliphatic carbocycles. The maximum Gasteiger partial charge on any atom is 0.311 e. The molecule has 6 atom stereocenters. The topological polar surface area (TPSA) is 35.5 Å². The van der Waals surface area contributed by atoms with Gasteiger partial charge in [0.25, 0.3) is 0 Å². The minimum Gasteiger partial charge on any atom is -0.469 e. The van der Waals surface area contributed by atoms with E-state index in [2.05, 4.69) is 34.6 Å². The van der Waals surface area contributed by atoms with Crippen LogP contribution in [0.5, 0.6) is 0 Å². The van der Waals surface area contributed by atoms with E-state index in [1.54, 1.807) is 0 Å². The third-order valence-corrected chi connectivity index (χ3v) is 7.71. The van der Waals surface area contributed by atoms with Crippen molar-refractivity contribution >= 4 is 5.97 Å². The molecule has 0 aliphatic heterocycles. The molecule has 3 rings (SSSR count). The number of fused-ring (bicyclic) bond motifs is 3. The van der Waals surface area contributed by atoms with Crippen molar-refractivity contribution in [3.63, 3.8) is 0 Å². The molecule has 0 spiro atoms. The number of carbonyl (C=O) groups excluding carboxylic acids is 1. The van der Waals surface area contributed by atoms with Gasteiger partial charge in [-0.05, 0) is 102 Å². The highest BCUT2D eigenvalue weighted by Gasteiger charge is 2.55. The van der Waals surface area contributed by atoms with E-state index in [0.717, 1.165) is 24.7 Å². The predicted molar refractivity (Wildman–Crippen MR) is 100 cm³/mol. The molecule has 0 aromatic rings. The molecule has 3 fully saturated rings. The summed E-state index contributed by atoms with van der Waals surface area (Å²) in [6.45, 7) is 11.2. The van der Waals surface area contributed by atoms with Crippen LogP contribution >= 0.6 is 0 Å². The van der Waals surface area contributed by atoms with Crippen molar-refractivity contribution in [2.24, 2.45) is 28.6 Å². The van der Waals surface area contributed by atoms with Gasteiger partial charge in [0.05, 0.1) is 24.2 Å². The maximum absolute atomic E-state index is 12.3. The van der Waals surface area contributed by atoms with E-state index < -0.39 is 0 Å². The second-order valence-electron chi connectivity index (χ2n) is 10.6. The minimum atomic E-state index is -0.258. The van der Waals surface area contributed by atoms with Crippen molar-refractivity contribution in [2.75, 3.05) is 7.11 Å². The lowest BCUT2D eigenvalue weighted by atomic mass is 9.47. The molecule has 3 heteroatoms. The lowest BCUT2D eigenvalue weighted by Crippen LogP contribution is -2.52. The quantitative estimate of drug-likeness (QED) is 0.628.